The molecular formula is C76H128N4O8+4. The Morgan fingerprint density at radius 2 is 0.386 bits per heavy atom. The van der Waals surface area contributed by atoms with Crippen LogP contribution in [0.25, 0.3) is 0 Å². The normalized spacial score (nSPS) is 15.8. The van der Waals surface area contributed by atoms with E-state index in [2.05, 4.69) is 76.7 Å². The molecular weight excluding hydrogens is 1100 g/mol. The highest BCUT2D eigenvalue weighted by atomic mass is 16.3. The first-order valence-corrected chi connectivity index (χ1v) is 36.4. The Balaban J connectivity index is 2.08. The average molecular weight is 1230 g/mol. The predicted molar refractivity (Wildman–Crippen MR) is 362 cm³/mol. The number of unbranched alkanes of at least 4 members (excludes halogenated alkanes) is 20. The van der Waals surface area contributed by atoms with Crippen molar-refractivity contribution < 1.29 is 62.1 Å². The van der Waals surface area contributed by atoms with Crippen molar-refractivity contribution in [2.45, 2.75) is 311 Å². The van der Waals surface area contributed by atoms with Gasteiger partial charge in [-0.25, -0.2) is 0 Å². The molecule has 0 amide bonds. The van der Waals surface area contributed by atoms with E-state index in [0.717, 1.165) is 206 Å². The highest BCUT2D eigenvalue weighted by molar-refractivity contribution is 5.67. The van der Waals surface area contributed by atoms with Crippen LogP contribution in [-0.2, 0) is 26.2 Å². The Hall–Kier alpha value is -4.88. The quantitative estimate of drug-likeness (QED) is 0.0190. The average Bonchev–Trinajstić information content (AvgIpc) is 0.850. The molecule has 8 bridgehead atoms. The molecule has 5 rings (SSSR count). The number of quaternary nitrogens is 4. The molecule has 0 heterocycles. The van der Waals surface area contributed by atoms with Crippen molar-refractivity contribution in [3.8, 4) is 46.0 Å². The van der Waals surface area contributed by atoms with Gasteiger partial charge >= 0.3 is 0 Å². The van der Waals surface area contributed by atoms with Crippen LogP contribution in [0.4, 0.5) is 0 Å². The number of hydrogen-bond donors (Lipinski definition) is 12. The number of phenols is 8. The zero-order valence-electron chi connectivity index (χ0n) is 56.8. The molecule has 88 heavy (non-hydrogen) atoms. The second-order valence-corrected chi connectivity index (χ2v) is 26.5. The Morgan fingerprint density at radius 1 is 0.227 bits per heavy atom. The standard InChI is InChI=1S/C76H124N4O8/c1-9-17-25-33-41-77-49-65-69(81)57-45-58(70(65)82)54(38-30-22-14-6)60-47-62(74(86)67(72(60)84)51-79-43-35-27-19-11-3)56(40-32-24-16-8)64-48-63(75(87)68(76(64)88)52-80-44-36-28-20-12-4)55(39-31-23-15-7)61-46-59(53(57)37-29-21-13-5)71(83)66(73(61)85)50-78-42-34-26-18-10-2/h45-48,53-56,77-88H,9-44,49-52H2,1-8H3/p+4. The minimum Gasteiger partial charge on any atom is -0.507 e. The lowest BCUT2D eigenvalue weighted by atomic mass is 9.74. The number of hydrogen-bond acceptors (Lipinski definition) is 8. The molecule has 4 aromatic carbocycles. The fourth-order valence-corrected chi connectivity index (χ4v) is 14.1. The number of benzene rings is 4. The molecule has 0 aromatic heterocycles. The number of rotatable bonds is 44. The van der Waals surface area contributed by atoms with Crippen LogP contribution in [0.1, 0.15) is 351 Å². The molecule has 0 unspecified atom stereocenters. The van der Waals surface area contributed by atoms with Gasteiger partial charge in [0.2, 0.25) is 0 Å². The van der Waals surface area contributed by atoms with Crippen molar-refractivity contribution in [3.63, 3.8) is 0 Å². The first-order valence-electron chi connectivity index (χ1n) is 36.4. The van der Waals surface area contributed by atoms with Crippen LogP contribution < -0.4 is 21.3 Å². The van der Waals surface area contributed by atoms with E-state index in [1.165, 1.54) is 0 Å². The third kappa shape index (κ3) is 20.6. The lowest BCUT2D eigenvalue weighted by Gasteiger charge is -2.31. The van der Waals surface area contributed by atoms with Crippen LogP contribution in [0.3, 0.4) is 0 Å². The molecule has 12 heteroatoms. The van der Waals surface area contributed by atoms with Crippen LogP contribution in [-0.4, -0.2) is 67.0 Å². The summed E-state index contributed by atoms with van der Waals surface area (Å²) in [6, 6.07) is 7.92. The van der Waals surface area contributed by atoms with Gasteiger partial charge in [-0.2, -0.15) is 0 Å². The van der Waals surface area contributed by atoms with Crippen molar-refractivity contribution in [1.29, 1.82) is 0 Å². The Kier molecular flexibility index (Phi) is 34.2. The smallest absolute Gasteiger partial charge is 0.132 e. The van der Waals surface area contributed by atoms with Gasteiger partial charge in [-0.05, 0) is 101 Å². The molecule has 12 nitrogen and oxygen atoms in total. The lowest BCUT2D eigenvalue weighted by Crippen LogP contribution is -2.82. The molecule has 0 radical (unpaired) electrons. The summed E-state index contributed by atoms with van der Waals surface area (Å²) in [6.45, 7) is 22.1. The van der Waals surface area contributed by atoms with E-state index < -0.39 is 23.7 Å². The van der Waals surface area contributed by atoms with Crippen molar-refractivity contribution in [2.75, 3.05) is 26.2 Å². The minimum absolute atomic E-state index is 0.0000808. The summed E-state index contributed by atoms with van der Waals surface area (Å²) >= 11 is 0. The topological polar surface area (TPSA) is 228 Å². The van der Waals surface area contributed by atoms with Crippen molar-refractivity contribution >= 4 is 0 Å². The van der Waals surface area contributed by atoms with E-state index in [-0.39, 0.29) is 46.0 Å². The fourth-order valence-electron chi connectivity index (χ4n) is 14.1. The number of nitrogens with two attached hydrogens (primary N) is 4. The van der Waals surface area contributed by atoms with Gasteiger partial charge < -0.3 is 62.1 Å². The summed E-state index contributed by atoms with van der Waals surface area (Å²) < 4.78 is 0. The summed E-state index contributed by atoms with van der Waals surface area (Å²) in [5.41, 5.74) is 6.48. The van der Waals surface area contributed by atoms with Crippen LogP contribution >= 0.6 is 0 Å². The van der Waals surface area contributed by atoms with Crippen LogP contribution in [0.2, 0.25) is 0 Å². The molecule has 1 aliphatic rings. The maximum atomic E-state index is 13.2. The van der Waals surface area contributed by atoms with Gasteiger partial charge in [-0.15, -0.1) is 0 Å². The van der Waals surface area contributed by atoms with E-state index in [1.54, 1.807) is 0 Å². The second-order valence-electron chi connectivity index (χ2n) is 26.5. The summed E-state index contributed by atoms with van der Waals surface area (Å²) in [4.78, 5) is 0. The Bertz CT molecular complexity index is 2180. The van der Waals surface area contributed by atoms with Gasteiger partial charge in [0.15, 0.2) is 0 Å². The molecule has 0 fully saturated rings. The number of fused-ring (bicyclic) bond motifs is 8. The molecule has 1 aliphatic carbocycles. The molecule has 0 aliphatic heterocycles. The van der Waals surface area contributed by atoms with Crippen LogP contribution in [0.15, 0.2) is 24.3 Å². The lowest BCUT2D eigenvalue weighted by molar-refractivity contribution is -0.671. The summed E-state index contributed by atoms with van der Waals surface area (Å²) in [5, 5.41) is 114. The van der Waals surface area contributed by atoms with E-state index in [4.69, 9.17) is 0 Å². The maximum Gasteiger partial charge on any atom is 0.132 e. The zero-order chi connectivity index (χ0) is 63.8. The van der Waals surface area contributed by atoms with Crippen molar-refractivity contribution in [2.24, 2.45) is 0 Å². The van der Waals surface area contributed by atoms with Gasteiger partial charge in [-0.1, -0.05) is 184 Å². The Labute approximate surface area is 533 Å². The first-order chi connectivity index (χ1) is 42.8. The van der Waals surface area contributed by atoms with Gasteiger partial charge in [0, 0.05) is 68.2 Å². The molecule has 0 saturated carbocycles. The van der Waals surface area contributed by atoms with Crippen LogP contribution in [0.5, 0.6) is 46.0 Å². The third-order valence-electron chi connectivity index (χ3n) is 19.5. The van der Waals surface area contributed by atoms with Gasteiger partial charge in [0.25, 0.3) is 0 Å². The van der Waals surface area contributed by atoms with E-state index in [0.29, 0.717) is 119 Å². The Morgan fingerprint density at radius 3 is 0.545 bits per heavy atom. The van der Waals surface area contributed by atoms with Crippen LogP contribution in [0, 0.1) is 0 Å². The van der Waals surface area contributed by atoms with Crippen molar-refractivity contribution in [1.82, 2.24) is 0 Å². The van der Waals surface area contributed by atoms with Gasteiger partial charge in [0.1, 0.15) is 72.2 Å². The van der Waals surface area contributed by atoms with E-state index in [9.17, 15) is 40.9 Å². The van der Waals surface area contributed by atoms with Gasteiger partial charge in [-0.3, -0.25) is 0 Å². The second kappa shape index (κ2) is 40.8. The summed E-state index contributed by atoms with van der Waals surface area (Å²) in [6.07, 6.45) is 30.2. The highest BCUT2D eigenvalue weighted by Gasteiger charge is 2.38. The summed E-state index contributed by atoms with van der Waals surface area (Å²) in [7, 11) is 0. The maximum absolute atomic E-state index is 13.2. The third-order valence-corrected chi connectivity index (χ3v) is 19.5. The van der Waals surface area contributed by atoms with Gasteiger partial charge in [0.05, 0.1) is 48.4 Å². The summed E-state index contributed by atoms with van der Waals surface area (Å²) in [5.74, 6) is -2.37. The molecule has 496 valence electrons. The molecule has 16 N–H and O–H groups in total. The van der Waals surface area contributed by atoms with E-state index >= 15 is 0 Å². The highest BCUT2D eigenvalue weighted by Crippen LogP contribution is 2.56. The fraction of sp³-hybridized carbons (Fsp3) is 0.684. The molecule has 0 spiro atoms. The van der Waals surface area contributed by atoms with Crippen molar-refractivity contribution in [3.05, 3.63) is 91.0 Å². The number of aromatic hydroxyl groups is 8. The monoisotopic (exact) mass is 1220 g/mol. The SMILES string of the molecule is CCCCCC[NH2+]Cc1c(O)c2cc(c1O)C(CCCCC)c1cc(c(O)c(C[NH2+]CCCCCC)c1O)C(CCCCC)c1cc(c(O)c(C[NH2+]CCCCCC)c1O)C(CCCCC)c1cc(c(O)c(C[NH2+]CCCCCC)c1O)C2CCCCC. The zero-order valence-corrected chi connectivity index (χ0v) is 56.8. The number of phenolic OH excluding ortho intramolecular Hbond substituents is 8. The molecule has 0 atom stereocenters. The van der Waals surface area contributed by atoms with E-state index in [1.807, 2.05) is 24.3 Å². The first kappa shape index (κ1) is 73.9. The minimum atomic E-state index is -0.594. The predicted octanol–water partition coefficient (Wildman–Crippen LogP) is 15.1. The molecule has 4 aromatic rings. The molecule has 0 saturated heterocycles. The largest absolute Gasteiger partial charge is 0.507 e.